The van der Waals surface area contributed by atoms with Crippen molar-refractivity contribution in [3.63, 3.8) is 0 Å². The van der Waals surface area contributed by atoms with Crippen LogP contribution in [0.1, 0.15) is 5.69 Å². The number of nitro groups is 2. The molecule has 9 nitrogen and oxygen atoms in total. The second kappa shape index (κ2) is 5.19. The van der Waals surface area contributed by atoms with Crippen LogP contribution in [0.4, 0.5) is 11.4 Å². The lowest BCUT2D eigenvalue weighted by Gasteiger charge is -2.12. The number of ether oxygens (including phenoxy) is 2. The maximum absolute atomic E-state index is 11.4. The summed E-state index contributed by atoms with van der Waals surface area (Å²) in [5.41, 5.74) is -0.496. The summed E-state index contributed by atoms with van der Waals surface area (Å²) in [6.07, 6.45) is 1.35. The summed E-state index contributed by atoms with van der Waals surface area (Å²) in [6.45, 7) is 1.53. The average Bonchev–Trinajstić information content (AvgIpc) is 2.44. The summed E-state index contributed by atoms with van der Waals surface area (Å²) < 4.78 is 9.96. The van der Waals surface area contributed by atoms with E-state index < -0.39 is 15.5 Å². The van der Waals surface area contributed by atoms with E-state index >= 15 is 0 Å². The molecule has 0 amide bonds. The van der Waals surface area contributed by atoms with Gasteiger partial charge in [-0.05, 0) is 13.0 Å². The number of benzene rings is 1. The smallest absolute Gasteiger partial charge is 0.325 e. The molecule has 0 aliphatic carbocycles. The first-order chi connectivity index (χ1) is 9.93. The van der Waals surface area contributed by atoms with Crippen LogP contribution in [0.3, 0.4) is 0 Å². The van der Waals surface area contributed by atoms with Crippen molar-refractivity contribution in [1.82, 2.24) is 4.98 Å². The zero-order valence-corrected chi connectivity index (χ0v) is 11.4. The van der Waals surface area contributed by atoms with Crippen LogP contribution >= 0.6 is 0 Å². The maximum atomic E-state index is 11.4. The second-order valence-electron chi connectivity index (χ2n) is 4.10. The molecule has 9 heteroatoms. The summed E-state index contributed by atoms with van der Waals surface area (Å²) in [7, 11) is 2.38. The Balaban J connectivity index is 3.17. The van der Waals surface area contributed by atoms with E-state index in [4.69, 9.17) is 9.47 Å². The van der Waals surface area contributed by atoms with Gasteiger partial charge in [0, 0.05) is 6.20 Å². The molecule has 0 aliphatic rings. The average molecular weight is 293 g/mol. The van der Waals surface area contributed by atoms with Crippen molar-refractivity contribution >= 4 is 22.1 Å². The van der Waals surface area contributed by atoms with Gasteiger partial charge in [0.1, 0.15) is 0 Å². The van der Waals surface area contributed by atoms with Crippen molar-refractivity contribution in [3.05, 3.63) is 38.2 Å². The number of aryl methyl sites for hydroxylation is 1. The van der Waals surface area contributed by atoms with Crippen LogP contribution in [-0.2, 0) is 0 Å². The van der Waals surface area contributed by atoms with Gasteiger partial charge in [-0.1, -0.05) is 0 Å². The molecule has 1 aromatic heterocycles. The minimum Gasteiger partial charge on any atom is -0.487 e. The molecule has 0 N–H and O–H groups in total. The highest BCUT2D eigenvalue weighted by Crippen LogP contribution is 2.50. The normalized spacial score (nSPS) is 10.4. The van der Waals surface area contributed by atoms with Crippen LogP contribution in [-0.4, -0.2) is 29.1 Å². The third kappa shape index (κ3) is 2.08. The molecule has 0 saturated carbocycles. The van der Waals surface area contributed by atoms with E-state index in [1.54, 1.807) is 0 Å². The van der Waals surface area contributed by atoms with Crippen LogP contribution in [0, 0.1) is 27.2 Å². The molecule has 1 aromatic carbocycles. The van der Waals surface area contributed by atoms with Crippen molar-refractivity contribution in [2.24, 2.45) is 0 Å². The highest BCUT2D eigenvalue weighted by molar-refractivity contribution is 6.04. The van der Waals surface area contributed by atoms with E-state index in [1.807, 2.05) is 0 Å². The molecular weight excluding hydrogens is 282 g/mol. The zero-order valence-electron chi connectivity index (χ0n) is 11.4. The quantitative estimate of drug-likeness (QED) is 0.627. The Hall–Kier alpha value is -2.97. The Morgan fingerprint density at radius 2 is 1.57 bits per heavy atom. The van der Waals surface area contributed by atoms with E-state index in [2.05, 4.69) is 4.98 Å². The lowest BCUT2D eigenvalue weighted by atomic mass is 10.0. The fourth-order valence-corrected chi connectivity index (χ4v) is 2.25. The molecule has 0 unspecified atom stereocenters. The molecule has 2 aromatic rings. The molecule has 0 radical (unpaired) electrons. The van der Waals surface area contributed by atoms with E-state index in [0.29, 0.717) is 5.69 Å². The number of nitrogens with zero attached hydrogens (tertiary/aromatic N) is 3. The monoisotopic (exact) mass is 293 g/mol. The minimum atomic E-state index is -0.665. The van der Waals surface area contributed by atoms with E-state index in [0.717, 1.165) is 0 Å². The van der Waals surface area contributed by atoms with Crippen molar-refractivity contribution in [1.29, 1.82) is 0 Å². The van der Waals surface area contributed by atoms with E-state index in [9.17, 15) is 20.2 Å². The molecule has 21 heavy (non-hydrogen) atoms. The maximum Gasteiger partial charge on any atom is 0.325 e. The molecule has 0 saturated heterocycles. The predicted octanol–water partition coefficient (Wildman–Crippen LogP) is 2.38. The fraction of sp³-hybridized carbons (Fsp3) is 0.250. The molecular formula is C12H11N3O6. The SMILES string of the molecule is COc1c(OC)c([N+](=O)[O-])c2c(C)nccc2c1[N+](=O)[O-]. The van der Waals surface area contributed by atoms with Crippen LogP contribution in [0.5, 0.6) is 11.5 Å². The highest BCUT2D eigenvalue weighted by atomic mass is 16.6. The molecule has 2 rings (SSSR count). The number of aromatic nitrogens is 1. The molecule has 0 aliphatic heterocycles. The highest BCUT2D eigenvalue weighted by Gasteiger charge is 2.35. The Morgan fingerprint density at radius 3 is 2.05 bits per heavy atom. The number of hydrogen-bond donors (Lipinski definition) is 0. The van der Waals surface area contributed by atoms with E-state index in [1.165, 1.54) is 33.4 Å². The lowest BCUT2D eigenvalue weighted by Crippen LogP contribution is -2.04. The van der Waals surface area contributed by atoms with Crippen LogP contribution in [0.25, 0.3) is 10.8 Å². The Bertz CT molecular complexity index is 758. The van der Waals surface area contributed by atoms with Gasteiger partial charge >= 0.3 is 11.4 Å². The van der Waals surface area contributed by atoms with Crippen molar-refractivity contribution in [2.75, 3.05) is 14.2 Å². The Morgan fingerprint density at radius 1 is 1.05 bits per heavy atom. The van der Waals surface area contributed by atoms with Crippen LogP contribution in [0.15, 0.2) is 12.3 Å². The van der Waals surface area contributed by atoms with Crippen LogP contribution in [0.2, 0.25) is 0 Å². The van der Waals surface area contributed by atoms with Gasteiger partial charge in [0.2, 0.25) is 11.5 Å². The van der Waals surface area contributed by atoms with Gasteiger partial charge < -0.3 is 9.47 Å². The summed E-state index contributed by atoms with van der Waals surface area (Å²) in [5, 5.41) is 22.8. The van der Waals surface area contributed by atoms with Gasteiger partial charge in [0.05, 0.1) is 40.5 Å². The zero-order chi connectivity index (χ0) is 15.7. The van der Waals surface area contributed by atoms with Gasteiger partial charge in [-0.25, -0.2) is 0 Å². The number of hydrogen-bond acceptors (Lipinski definition) is 7. The third-order valence-electron chi connectivity index (χ3n) is 3.04. The van der Waals surface area contributed by atoms with Crippen molar-refractivity contribution in [2.45, 2.75) is 6.92 Å². The largest absolute Gasteiger partial charge is 0.487 e. The Kier molecular flexibility index (Phi) is 3.57. The van der Waals surface area contributed by atoms with Crippen LogP contribution < -0.4 is 9.47 Å². The topological polar surface area (TPSA) is 118 Å². The number of pyridine rings is 1. The summed E-state index contributed by atoms with van der Waals surface area (Å²) in [5.74, 6) is -0.579. The standard InChI is InChI=1S/C12H11N3O6/c1-6-8-7(4-5-13-6)9(14(16)17)11(20-2)12(21-3)10(8)15(18)19/h4-5H,1-3H3. The number of methoxy groups -OCH3 is 2. The van der Waals surface area contributed by atoms with Gasteiger partial charge in [-0.15, -0.1) is 0 Å². The Labute approximate surface area is 118 Å². The summed E-state index contributed by atoms with van der Waals surface area (Å²) in [6, 6.07) is 1.34. The summed E-state index contributed by atoms with van der Waals surface area (Å²) >= 11 is 0. The van der Waals surface area contributed by atoms with Crippen molar-refractivity contribution in [3.8, 4) is 11.5 Å². The molecule has 110 valence electrons. The van der Waals surface area contributed by atoms with Gasteiger partial charge in [0.15, 0.2) is 0 Å². The molecule has 1 heterocycles. The fourth-order valence-electron chi connectivity index (χ4n) is 2.25. The first kappa shape index (κ1) is 14.4. The third-order valence-corrected chi connectivity index (χ3v) is 3.04. The first-order valence-electron chi connectivity index (χ1n) is 5.76. The molecule has 0 atom stereocenters. The number of nitro benzene ring substituents is 2. The van der Waals surface area contributed by atoms with Crippen molar-refractivity contribution < 1.29 is 19.3 Å². The molecule has 0 fully saturated rings. The van der Waals surface area contributed by atoms with Gasteiger partial charge in [0.25, 0.3) is 0 Å². The number of rotatable bonds is 4. The molecule has 0 bridgehead atoms. The first-order valence-corrected chi connectivity index (χ1v) is 5.76. The van der Waals surface area contributed by atoms with Gasteiger partial charge in [-0.3, -0.25) is 25.2 Å². The second-order valence-corrected chi connectivity index (χ2v) is 4.10. The minimum absolute atomic E-state index is 0.0619. The summed E-state index contributed by atoms with van der Waals surface area (Å²) in [4.78, 5) is 25.3. The predicted molar refractivity (Wildman–Crippen MR) is 72.9 cm³/mol. The lowest BCUT2D eigenvalue weighted by molar-refractivity contribution is -0.387. The van der Waals surface area contributed by atoms with E-state index in [-0.39, 0.29) is 28.0 Å². The van der Waals surface area contributed by atoms with Gasteiger partial charge in [-0.2, -0.15) is 0 Å². The number of fused-ring (bicyclic) bond motifs is 1. The molecule has 0 spiro atoms.